The van der Waals surface area contributed by atoms with Crippen molar-refractivity contribution in [1.29, 1.82) is 0 Å². The zero-order valence-electron chi connectivity index (χ0n) is 12.7. The molecule has 1 heterocycles. The minimum absolute atomic E-state index is 0.724. The van der Waals surface area contributed by atoms with Gasteiger partial charge in [-0.3, -0.25) is 0 Å². The van der Waals surface area contributed by atoms with Gasteiger partial charge >= 0.3 is 0 Å². The Morgan fingerprint density at radius 2 is 1.86 bits per heavy atom. The third-order valence-electron chi connectivity index (χ3n) is 3.35. The minimum Gasteiger partial charge on any atom is -0.493 e. The average molecular weight is 284 g/mol. The maximum atomic E-state index is 5.91. The number of nitrogens with one attached hydrogen (secondary N) is 1. The van der Waals surface area contributed by atoms with Gasteiger partial charge in [-0.1, -0.05) is 50.5 Å². The van der Waals surface area contributed by atoms with Crippen molar-refractivity contribution in [2.24, 2.45) is 0 Å². The summed E-state index contributed by atoms with van der Waals surface area (Å²) >= 11 is 0. The van der Waals surface area contributed by atoms with Crippen LogP contribution in [0.25, 0.3) is 0 Å². The second-order valence-corrected chi connectivity index (χ2v) is 5.09. The lowest BCUT2D eigenvalue weighted by atomic mass is 10.2. The van der Waals surface area contributed by atoms with Crippen LogP contribution in [0.15, 0.2) is 48.7 Å². The minimum atomic E-state index is 0.724. The van der Waals surface area contributed by atoms with Gasteiger partial charge < -0.3 is 10.1 Å². The molecular weight excluding hydrogens is 260 g/mol. The van der Waals surface area contributed by atoms with Crippen molar-refractivity contribution in [3.05, 3.63) is 54.2 Å². The molecular formula is C18H24N2O. The summed E-state index contributed by atoms with van der Waals surface area (Å²) in [7, 11) is 0. The molecule has 0 atom stereocenters. The highest BCUT2D eigenvalue weighted by Crippen LogP contribution is 2.19. The Labute approximate surface area is 127 Å². The first kappa shape index (κ1) is 15.4. The van der Waals surface area contributed by atoms with Crippen molar-refractivity contribution in [3.63, 3.8) is 0 Å². The van der Waals surface area contributed by atoms with E-state index in [0.717, 1.165) is 31.1 Å². The number of aromatic nitrogens is 1. The van der Waals surface area contributed by atoms with E-state index >= 15 is 0 Å². The molecule has 0 saturated heterocycles. The van der Waals surface area contributed by atoms with E-state index in [1.165, 1.54) is 24.8 Å². The van der Waals surface area contributed by atoms with Gasteiger partial charge in [-0.05, 0) is 24.6 Å². The number of para-hydroxylation sites is 1. The second-order valence-electron chi connectivity index (χ2n) is 5.09. The Hall–Kier alpha value is -2.03. The fraction of sp³-hybridized carbons (Fsp3) is 0.389. The summed E-state index contributed by atoms with van der Waals surface area (Å²) in [6.07, 6.45) is 6.69. The van der Waals surface area contributed by atoms with Crippen LogP contribution < -0.4 is 10.1 Å². The van der Waals surface area contributed by atoms with Crippen molar-refractivity contribution < 1.29 is 4.74 Å². The molecule has 3 heteroatoms. The van der Waals surface area contributed by atoms with E-state index in [1.54, 1.807) is 6.20 Å². The molecule has 2 rings (SSSR count). The number of nitrogens with zero attached hydrogens (tertiary/aromatic N) is 1. The molecule has 0 amide bonds. The predicted molar refractivity (Wildman–Crippen MR) is 87.6 cm³/mol. The van der Waals surface area contributed by atoms with Gasteiger partial charge in [0.25, 0.3) is 0 Å². The maximum absolute atomic E-state index is 5.91. The van der Waals surface area contributed by atoms with Crippen LogP contribution in [-0.4, -0.2) is 11.6 Å². The third kappa shape index (κ3) is 5.46. The molecule has 3 nitrogen and oxygen atoms in total. The first-order chi connectivity index (χ1) is 10.4. The topological polar surface area (TPSA) is 34.1 Å². The van der Waals surface area contributed by atoms with Crippen LogP contribution in [-0.2, 0) is 6.54 Å². The van der Waals surface area contributed by atoms with E-state index in [0.29, 0.717) is 0 Å². The molecule has 0 spiro atoms. The van der Waals surface area contributed by atoms with Gasteiger partial charge in [0.05, 0.1) is 6.61 Å². The molecule has 1 aromatic carbocycles. The Bertz CT molecular complexity index is 514. The molecule has 112 valence electrons. The summed E-state index contributed by atoms with van der Waals surface area (Å²) in [5, 5.41) is 3.32. The molecule has 0 saturated carbocycles. The van der Waals surface area contributed by atoms with Crippen LogP contribution >= 0.6 is 0 Å². The SMILES string of the molecule is CCCCCCOc1ccccc1CNc1ccccn1. The van der Waals surface area contributed by atoms with Crippen molar-refractivity contribution >= 4 is 5.82 Å². The van der Waals surface area contributed by atoms with Gasteiger partial charge in [-0.25, -0.2) is 4.98 Å². The number of rotatable bonds is 9. The predicted octanol–water partition coefficient (Wildman–Crippen LogP) is 4.65. The zero-order chi connectivity index (χ0) is 14.8. The van der Waals surface area contributed by atoms with E-state index in [1.807, 2.05) is 36.4 Å². The molecule has 0 fully saturated rings. The standard InChI is InChI=1S/C18H24N2O/c1-2-3-4-9-14-21-17-11-6-5-10-16(17)15-20-18-12-7-8-13-19-18/h5-8,10-13H,2-4,9,14-15H2,1H3,(H,19,20). The number of hydrogen-bond donors (Lipinski definition) is 1. The fourth-order valence-electron chi connectivity index (χ4n) is 2.15. The van der Waals surface area contributed by atoms with Crippen molar-refractivity contribution in [2.75, 3.05) is 11.9 Å². The van der Waals surface area contributed by atoms with Gasteiger partial charge in [0.1, 0.15) is 11.6 Å². The summed E-state index contributed by atoms with van der Waals surface area (Å²) in [5.74, 6) is 1.85. The van der Waals surface area contributed by atoms with Gasteiger partial charge in [0.15, 0.2) is 0 Å². The monoisotopic (exact) mass is 284 g/mol. The zero-order valence-corrected chi connectivity index (χ0v) is 12.7. The quantitative estimate of drug-likeness (QED) is 0.680. The van der Waals surface area contributed by atoms with Gasteiger partial charge in [-0.15, -0.1) is 0 Å². The van der Waals surface area contributed by atoms with Crippen LogP contribution in [0.3, 0.4) is 0 Å². The lowest BCUT2D eigenvalue weighted by molar-refractivity contribution is 0.302. The Kier molecular flexibility index (Phi) is 6.59. The maximum Gasteiger partial charge on any atom is 0.126 e. The van der Waals surface area contributed by atoms with Gasteiger partial charge in [-0.2, -0.15) is 0 Å². The highest BCUT2D eigenvalue weighted by Gasteiger charge is 2.03. The summed E-state index contributed by atoms with van der Waals surface area (Å²) in [6, 6.07) is 14.1. The van der Waals surface area contributed by atoms with Gasteiger partial charge in [0.2, 0.25) is 0 Å². The normalized spacial score (nSPS) is 10.3. The fourth-order valence-corrected chi connectivity index (χ4v) is 2.15. The van der Waals surface area contributed by atoms with Crippen LogP contribution in [0, 0.1) is 0 Å². The van der Waals surface area contributed by atoms with Gasteiger partial charge in [0, 0.05) is 18.3 Å². The molecule has 0 unspecified atom stereocenters. The van der Waals surface area contributed by atoms with Crippen LogP contribution in [0.5, 0.6) is 5.75 Å². The largest absolute Gasteiger partial charge is 0.493 e. The first-order valence-electron chi connectivity index (χ1n) is 7.75. The van der Waals surface area contributed by atoms with Crippen molar-refractivity contribution in [2.45, 2.75) is 39.2 Å². The van der Waals surface area contributed by atoms with Crippen LogP contribution in [0.4, 0.5) is 5.82 Å². The molecule has 0 bridgehead atoms. The molecule has 0 aliphatic rings. The first-order valence-corrected chi connectivity index (χ1v) is 7.75. The molecule has 21 heavy (non-hydrogen) atoms. The van der Waals surface area contributed by atoms with Crippen molar-refractivity contribution in [1.82, 2.24) is 4.98 Å². The molecule has 1 N–H and O–H groups in total. The summed E-state index contributed by atoms with van der Waals surface area (Å²) in [4.78, 5) is 4.27. The van der Waals surface area contributed by atoms with E-state index < -0.39 is 0 Å². The van der Waals surface area contributed by atoms with Crippen LogP contribution in [0.1, 0.15) is 38.2 Å². The average Bonchev–Trinajstić information content (AvgIpc) is 2.55. The molecule has 0 radical (unpaired) electrons. The third-order valence-corrected chi connectivity index (χ3v) is 3.35. The number of unbranched alkanes of at least 4 members (excludes halogenated alkanes) is 3. The highest BCUT2D eigenvalue weighted by atomic mass is 16.5. The Balaban J connectivity index is 1.84. The van der Waals surface area contributed by atoms with E-state index in [-0.39, 0.29) is 0 Å². The van der Waals surface area contributed by atoms with Crippen molar-refractivity contribution in [3.8, 4) is 5.75 Å². The second kappa shape index (κ2) is 9.01. The number of benzene rings is 1. The molecule has 0 aliphatic carbocycles. The molecule has 0 aliphatic heterocycles. The smallest absolute Gasteiger partial charge is 0.126 e. The summed E-state index contributed by atoms with van der Waals surface area (Å²) in [5.41, 5.74) is 1.17. The van der Waals surface area contributed by atoms with Crippen LogP contribution in [0.2, 0.25) is 0 Å². The summed E-state index contributed by atoms with van der Waals surface area (Å²) in [6.45, 7) is 3.74. The van der Waals surface area contributed by atoms with E-state index in [2.05, 4.69) is 23.3 Å². The number of ether oxygens (including phenoxy) is 1. The lowest BCUT2D eigenvalue weighted by Gasteiger charge is -2.12. The molecule has 2 aromatic rings. The number of hydrogen-bond acceptors (Lipinski definition) is 3. The highest BCUT2D eigenvalue weighted by molar-refractivity contribution is 5.39. The molecule has 1 aromatic heterocycles. The van der Waals surface area contributed by atoms with E-state index in [9.17, 15) is 0 Å². The number of anilines is 1. The lowest BCUT2D eigenvalue weighted by Crippen LogP contribution is -2.05. The Morgan fingerprint density at radius 3 is 2.67 bits per heavy atom. The Morgan fingerprint density at radius 1 is 1.00 bits per heavy atom. The summed E-state index contributed by atoms with van der Waals surface area (Å²) < 4.78 is 5.91. The number of pyridine rings is 1. The van der Waals surface area contributed by atoms with E-state index in [4.69, 9.17) is 4.74 Å².